The number of benzene rings is 1. The van der Waals surface area contributed by atoms with Gasteiger partial charge in [-0.3, -0.25) is 0 Å². The van der Waals surface area contributed by atoms with Gasteiger partial charge < -0.3 is 5.32 Å². The average Bonchev–Trinajstić information content (AvgIpc) is 3.13. The topological polar surface area (TPSA) is 12.0 Å². The molecule has 1 aromatic carbocycles. The van der Waals surface area contributed by atoms with Gasteiger partial charge in [0.15, 0.2) is 0 Å². The van der Waals surface area contributed by atoms with Gasteiger partial charge in [-0.05, 0) is 43.5 Å². The van der Waals surface area contributed by atoms with Crippen molar-refractivity contribution in [2.75, 3.05) is 7.05 Å². The first kappa shape index (κ1) is 13.4. The second kappa shape index (κ2) is 5.31. The molecule has 0 spiro atoms. The van der Waals surface area contributed by atoms with E-state index in [9.17, 15) is 13.2 Å². The van der Waals surface area contributed by atoms with E-state index >= 15 is 0 Å². The summed E-state index contributed by atoms with van der Waals surface area (Å²) in [5, 5.41) is 3.18. The summed E-state index contributed by atoms with van der Waals surface area (Å²) in [6.07, 6.45) is 0.521. The van der Waals surface area contributed by atoms with E-state index in [4.69, 9.17) is 0 Å². The van der Waals surface area contributed by atoms with Gasteiger partial charge in [0.1, 0.15) is 0 Å². The zero-order valence-electron chi connectivity index (χ0n) is 10.4. The summed E-state index contributed by atoms with van der Waals surface area (Å²) in [6.45, 7) is 0. The van der Waals surface area contributed by atoms with E-state index in [-0.39, 0.29) is 6.04 Å². The van der Waals surface area contributed by atoms with Crippen molar-refractivity contribution in [3.8, 4) is 0 Å². The van der Waals surface area contributed by atoms with E-state index in [1.165, 1.54) is 12.8 Å². The molecule has 1 aliphatic carbocycles. The third-order valence-corrected chi connectivity index (χ3v) is 3.55. The molecule has 18 heavy (non-hydrogen) atoms. The maximum Gasteiger partial charge on any atom is 0.416 e. The molecule has 0 amide bonds. The molecule has 0 bridgehead atoms. The van der Waals surface area contributed by atoms with E-state index in [0.29, 0.717) is 0 Å². The zero-order valence-corrected chi connectivity index (χ0v) is 10.4. The van der Waals surface area contributed by atoms with Gasteiger partial charge in [0.2, 0.25) is 0 Å². The van der Waals surface area contributed by atoms with E-state index in [1.807, 2.05) is 7.05 Å². The lowest BCUT2D eigenvalue weighted by atomic mass is 9.99. The monoisotopic (exact) mass is 257 g/mol. The fourth-order valence-electron chi connectivity index (χ4n) is 2.19. The quantitative estimate of drug-likeness (QED) is 0.835. The Hall–Kier alpha value is -1.03. The first-order valence-corrected chi connectivity index (χ1v) is 6.35. The van der Waals surface area contributed by atoms with Gasteiger partial charge in [0, 0.05) is 6.04 Å². The van der Waals surface area contributed by atoms with Gasteiger partial charge in [-0.25, -0.2) is 0 Å². The second-order valence-electron chi connectivity index (χ2n) is 4.98. The molecule has 0 heterocycles. The fourth-order valence-corrected chi connectivity index (χ4v) is 2.19. The summed E-state index contributed by atoms with van der Waals surface area (Å²) in [7, 11) is 1.86. The van der Waals surface area contributed by atoms with Crippen LogP contribution in [0.4, 0.5) is 13.2 Å². The Bertz CT molecular complexity index is 379. The third-order valence-electron chi connectivity index (χ3n) is 3.55. The van der Waals surface area contributed by atoms with Gasteiger partial charge >= 0.3 is 6.18 Å². The summed E-state index contributed by atoms with van der Waals surface area (Å²) in [5.41, 5.74) is 0.356. The Morgan fingerprint density at radius 3 is 2.28 bits per heavy atom. The highest BCUT2D eigenvalue weighted by atomic mass is 19.4. The first-order valence-electron chi connectivity index (χ1n) is 6.35. The van der Waals surface area contributed by atoms with Crippen LogP contribution < -0.4 is 5.32 Å². The lowest BCUT2D eigenvalue weighted by molar-refractivity contribution is -0.137. The lowest BCUT2D eigenvalue weighted by Crippen LogP contribution is -2.16. The minimum atomic E-state index is -4.25. The van der Waals surface area contributed by atoms with Crippen molar-refractivity contribution in [2.45, 2.75) is 37.9 Å². The average molecular weight is 257 g/mol. The molecule has 1 nitrogen and oxygen atoms in total. The van der Waals surface area contributed by atoms with Crippen LogP contribution in [-0.4, -0.2) is 7.05 Å². The highest BCUT2D eigenvalue weighted by Gasteiger charge is 2.30. The van der Waals surface area contributed by atoms with Crippen LogP contribution in [0.2, 0.25) is 0 Å². The Kier molecular flexibility index (Phi) is 3.95. The van der Waals surface area contributed by atoms with Crippen molar-refractivity contribution in [2.24, 2.45) is 5.92 Å². The van der Waals surface area contributed by atoms with Crippen LogP contribution in [0.3, 0.4) is 0 Å². The van der Waals surface area contributed by atoms with Crippen LogP contribution in [0.5, 0.6) is 0 Å². The lowest BCUT2D eigenvalue weighted by Gasteiger charge is -2.17. The predicted molar refractivity (Wildman–Crippen MR) is 65.2 cm³/mol. The molecular weight excluding hydrogens is 239 g/mol. The number of rotatable bonds is 5. The van der Waals surface area contributed by atoms with Gasteiger partial charge in [-0.15, -0.1) is 0 Å². The Labute approximate surface area is 105 Å². The number of hydrogen-bond acceptors (Lipinski definition) is 1. The molecule has 1 fully saturated rings. The van der Waals surface area contributed by atoms with E-state index in [1.54, 1.807) is 12.1 Å². The number of alkyl halides is 3. The second-order valence-corrected chi connectivity index (χ2v) is 4.98. The van der Waals surface area contributed by atoms with Crippen LogP contribution in [0.15, 0.2) is 24.3 Å². The molecule has 0 aromatic heterocycles. The Morgan fingerprint density at radius 2 is 1.83 bits per heavy atom. The fraction of sp³-hybridized carbons (Fsp3) is 0.571. The highest BCUT2D eigenvalue weighted by Crippen LogP contribution is 2.36. The van der Waals surface area contributed by atoms with Gasteiger partial charge in [0.05, 0.1) is 5.56 Å². The number of nitrogens with one attached hydrogen (secondary N) is 1. The van der Waals surface area contributed by atoms with Gasteiger partial charge in [-0.2, -0.15) is 13.2 Å². The number of halogens is 3. The normalized spacial score (nSPS) is 17.8. The van der Waals surface area contributed by atoms with Crippen molar-refractivity contribution in [1.29, 1.82) is 0 Å². The van der Waals surface area contributed by atoms with Crippen molar-refractivity contribution in [3.63, 3.8) is 0 Å². The molecular formula is C14H18F3N. The minimum absolute atomic E-state index is 0.160. The largest absolute Gasteiger partial charge is 0.416 e. The highest BCUT2D eigenvalue weighted by molar-refractivity contribution is 5.26. The molecule has 1 atom stereocenters. The Balaban J connectivity index is 2.01. The van der Waals surface area contributed by atoms with Crippen LogP contribution in [0, 0.1) is 5.92 Å². The summed E-state index contributed by atoms with van der Waals surface area (Å²) >= 11 is 0. The zero-order chi connectivity index (χ0) is 13.2. The molecule has 2 rings (SSSR count). The predicted octanol–water partition coefficient (Wildman–Crippen LogP) is 4.16. The first-order chi connectivity index (χ1) is 8.50. The molecule has 1 N–H and O–H groups in total. The molecule has 0 radical (unpaired) electrons. The maximum absolute atomic E-state index is 12.4. The van der Waals surface area contributed by atoms with E-state index in [0.717, 1.165) is 36.5 Å². The van der Waals surface area contributed by atoms with E-state index in [2.05, 4.69) is 5.32 Å². The molecule has 0 aliphatic heterocycles. The maximum atomic E-state index is 12.4. The van der Waals surface area contributed by atoms with Crippen molar-refractivity contribution < 1.29 is 13.2 Å². The van der Waals surface area contributed by atoms with Gasteiger partial charge in [-0.1, -0.05) is 25.0 Å². The van der Waals surface area contributed by atoms with Crippen LogP contribution in [0.1, 0.15) is 42.9 Å². The van der Waals surface area contributed by atoms with E-state index < -0.39 is 11.7 Å². The minimum Gasteiger partial charge on any atom is -0.313 e. The van der Waals surface area contributed by atoms with Crippen LogP contribution >= 0.6 is 0 Å². The van der Waals surface area contributed by atoms with Crippen LogP contribution in [0.25, 0.3) is 0 Å². The van der Waals surface area contributed by atoms with Crippen molar-refractivity contribution in [3.05, 3.63) is 35.4 Å². The molecule has 4 heteroatoms. The summed E-state index contributed by atoms with van der Waals surface area (Å²) in [6, 6.07) is 5.65. The molecule has 0 saturated heterocycles. The standard InChI is InChI=1S/C14H18F3N/c1-18-13(9-4-10-2-3-10)11-5-7-12(8-6-11)14(15,16)17/h5-8,10,13,18H,2-4,9H2,1H3. The molecule has 1 aliphatic rings. The molecule has 1 saturated carbocycles. The summed E-state index contributed by atoms with van der Waals surface area (Å²) in [4.78, 5) is 0. The van der Waals surface area contributed by atoms with Crippen molar-refractivity contribution in [1.82, 2.24) is 5.32 Å². The summed E-state index contributed by atoms with van der Waals surface area (Å²) < 4.78 is 37.3. The van der Waals surface area contributed by atoms with Gasteiger partial charge in [0.25, 0.3) is 0 Å². The number of hydrogen-bond donors (Lipinski definition) is 1. The van der Waals surface area contributed by atoms with Crippen molar-refractivity contribution >= 4 is 0 Å². The Morgan fingerprint density at radius 1 is 1.22 bits per heavy atom. The smallest absolute Gasteiger partial charge is 0.313 e. The molecule has 1 aromatic rings. The molecule has 100 valence electrons. The molecule has 1 unspecified atom stereocenters. The third kappa shape index (κ3) is 3.48. The SMILES string of the molecule is CNC(CCC1CC1)c1ccc(C(F)(F)F)cc1. The summed E-state index contributed by atoms with van der Waals surface area (Å²) in [5.74, 6) is 0.843. The van der Waals surface area contributed by atoms with Crippen LogP contribution in [-0.2, 0) is 6.18 Å².